The minimum atomic E-state index is -3.62. The molecule has 112 valence electrons. The average molecular weight is 306 g/mol. The Kier molecular flexibility index (Phi) is 3.56. The molecule has 0 spiro atoms. The van der Waals surface area contributed by atoms with Crippen LogP contribution in [0.4, 0.5) is 0 Å². The molecule has 21 heavy (non-hydrogen) atoms. The molecule has 0 atom stereocenters. The molecule has 0 amide bonds. The van der Waals surface area contributed by atoms with Gasteiger partial charge in [0.15, 0.2) is 5.03 Å². The summed E-state index contributed by atoms with van der Waals surface area (Å²) in [5, 5.41) is 6.73. The van der Waals surface area contributed by atoms with E-state index >= 15 is 0 Å². The summed E-state index contributed by atoms with van der Waals surface area (Å²) in [6.07, 6.45) is 0.719. The minimum absolute atomic E-state index is 0.0573. The molecule has 1 aliphatic rings. The number of fused-ring (bicyclic) bond motifs is 1. The summed E-state index contributed by atoms with van der Waals surface area (Å²) in [5.74, 6) is 0. The van der Waals surface area contributed by atoms with Gasteiger partial charge in [0.2, 0.25) is 0 Å². The van der Waals surface area contributed by atoms with Crippen molar-refractivity contribution >= 4 is 10.0 Å². The van der Waals surface area contributed by atoms with Crippen molar-refractivity contribution in [2.45, 2.75) is 31.5 Å². The molecule has 6 nitrogen and oxygen atoms in total. The zero-order chi connectivity index (χ0) is 15.0. The van der Waals surface area contributed by atoms with Gasteiger partial charge in [-0.2, -0.15) is 9.40 Å². The van der Waals surface area contributed by atoms with Crippen molar-refractivity contribution in [2.24, 2.45) is 5.73 Å². The Morgan fingerprint density at radius 1 is 1.33 bits per heavy atom. The van der Waals surface area contributed by atoms with Crippen molar-refractivity contribution in [3.8, 4) is 0 Å². The number of rotatable bonds is 3. The van der Waals surface area contributed by atoms with Crippen LogP contribution >= 0.6 is 0 Å². The maximum absolute atomic E-state index is 12.8. The highest BCUT2D eigenvalue weighted by Gasteiger charge is 2.32. The van der Waals surface area contributed by atoms with E-state index < -0.39 is 10.0 Å². The molecule has 7 heteroatoms. The van der Waals surface area contributed by atoms with Crippen LogP contribution in [0.25, 0.3) is 0 Å². The fourth-order valence-electron chi connectivity index (χ4n) is 2.68. The molecule has 2 heterocycles. The van der Waals surface area contributed by atoms with Gasteiger partial charge in [-0.15, -0.1) is 0 Å². The van der Waals surface area contributed by atoms with Crippen molar-refractivity contribution < 1.29 is 8.42 Å². The summed E-state index contributed by atoms with van der Waals surface area (Å²) in [4.78, 5) is 0. The molecule has 1 aromatic carbocycles. The lowest BCUT2D eigenvalue weighted by atomic mass is 10.0. The molecule has 1 aliphatic heterocycles. The van der Waals surface area contributed by atoms with E-state index in [4.69, 9.17) is 5.73 Å². The summed E-state index contributed by atoms with van der Waals surface area (Å²) in [7, 11) is -3.62. The molecular weight excluding hydrogens is 288 g/mol. The Hall–Kier alpha value is -1.70. The van der Waals surface area contributed by atoms with E-state index in [0.29, 0.717) is 24.3 Å². The number of benzene rings is 1. The predicted octanol–water partition coefficient (Wildman–Crippen LogP) is 0.924. The van der Waals surface area contributed by atoms with E-state index in [1.54, 1.807) is 6.92 Å². The van der Waals surface area contributed by atoms with Crippen molar-refractivity contribution in [1.29, 1.82) is 0 Å². The molecule has 0 bridgehead atoms. The Labute approximate surface area is 124 Å². The monoisotopic (exact) mass is 306 g/mol. The van der Waals surface area contributed by atoms with Crippen LogP contribution in [0.1, 0.15) is 22.4 Å². The van der Waals surface area contributed by atoms with Crippen LogP contribution in [0, 0.1) is 6.92 Å². The van der Waals surface area contributed by atoms with Crippen LogP contribution < -0.4 is 5.73 Å². The lowest BCUT2D eigenvalue weighted by Crippen LogP contribution is -2.36. The van der Waals surface area contributed by atoms with Gasteiger partial charge < -0.3 is 5.73 Å². The molecule has 0 aliphatic carbocycles. The zero-order valence-corrected chi connectivity index (χ0v) is 12.7. The first kappa shape index (κ1) is 14.2. The quantitative estimate of drug-likeness (QED) is 0.882. The molecule has 0 saturated heterocycles. The molecule has 0 unspecified atom stereocenters. The van der Waals surface area contributed by atoms with Crippen molar-refractivity contribution in [2.75, 3.05) is 6.54 Å². The van der Waals surface area contributed by atoms with E-state index in [1.807, 2.05) is 24.3 Å². The number of nitrogens with zero attached hydrogens (tertiary/aromatic N) is 2. The summed E-state index contributed by atoms with van der Waals surface area (Å²) < 4.78 is 27.0. The van der Waals surface area contributed by atoms with Crippen molar-refractivity contribution in [1.82, 2.24) is 14.5 Å². The van der Waals surface area contributed by atoms with Crippen LogP contribution in [0.5, 0.6) is 0 Å². The number of nitrogens with one attached hydrogen (secondary N) is 1. The molecular formula is C14H18N4O2S. The smallest absolute Gasteiger partial charge is 0.263 e. The standard InChI is InChI=1S/C14H18N4O2S/c1-10-13(8-15)14(17-16-10)21(19,20)18-7-6-11-4-2-3-5-12(11)9-18/h2-5H,6-9,15H2,1H3,(H,16,17). The highest BCUT2D eigenvalue weighted by Crippen LogP contribution is 2.26. The summed E-state index contributed by atoms with van der Waals surface area (Å²) in [6, 6.07) is 7.92. The maximum Gasteiger partial charge on any atom is 0.263 e. The number of sulfonamides is 1. The molecule has 0 radical (unpaired) electrons. The van der Waals surface area contributed by atoms with Crippen LogP contribution in [-0.4, -0.2) is 29.5 Å². The van der Waals surface area contributed by atoms with Crippen LogP contribution in [0.15, 0.2) is 29.3 Å². The predicted molar refractivity (Wildman–Crippen MR) is 79.0 cm³/mol. The first-order chi connectivity index (χ1) is 10.0. The van der Waals surface area contributed by atoms with E-state index in [2.05, 4.69) is 10.2 Å². The minimum Gasteiger partial charge on any atom is -0.326 e. The van der Waals surface area contributed by atoms with E-state index in [-0.39, 0.29) is 11.6 Å². The Morgan fingerprint density at radius 2 is 2.05 bits per heavy atom. The van der Waals surface area contributed by atoms with Crippen LogP contribution in [0.3, 0.4) is 0 Å². The molecule has 3 N–H and O–H groups in total. The van der Waals surface area contributed by atoms with Gasteiger partial charge in [0, 0.05) is 30.9 Å². The van der Waals surface area contributed by atoms with Gasteiger partial charge in [0.25, 0.3) is 10.0 Å². The van der Waals surface area contributed by atoms with E-state index in [9.17, 15) is 8.42 Å². The number of nitrogens with two attached hydrogens (primary N) is 1. The average Bonchev–Trinajstić information content (AvgIpc) is 2.88. The Balaban J connectivity index is 1.97. The molecule has 0 fully saturated rings. The lowest BCUT2D eigenvalue weighted by molar-refractivity contribution is 0.389. The zero-order valence-electron chi connectivity index (χ0n) is 11.8. The molecule has 1 aromatic heterocycles. The molecule has 2 aromatic rings. The second-order valence-corrected chi connectivity index (χ2v) is 7.05. The Morgan fingerprint density at radius 3 is 2.76 bits per heavy atom. The summed E-state index contributed by atoms with van der Waals surface area (Å²) >= 11 is 0. The second-order valence-electron chi connectivity index (χ2n) is 5.19. The molecule has 3 rings (SSSR count). The third-order valence-corrected chi connectivity index (χ3v) is 5.74. The number of aryl methyl sites for hydroxylation is 1. The fraction of sp³-hybridized carbons (Fsp3) is 0.357. The number of aromatic amines is 1. The Bertz CT molecular complexity index is 767. The first-order valence-corrected chi connectivity index (χ1v) is 8.29. The van der Waals surface area contributed by atoms with Gasteiger partial charge >= 0.3 is 0 Å². The number of hydrogen-bond acceptors (Lipinski definition) is 4. The van der Waals surface area contributed by atoms with Crippen LogP contribution in [-0.2, 0) is 29.5 Å². The van der Waals surface area contributed by atoms with Crippen molar-refractivity contribution in [3.63, 3.8) is 0 Å². The number of aromatic nitrogens is 2. The largest absolute Gasteiger partial charge is 0.326 e. The second kappa shape index (κ2) is 5.25. The summed E-state index contributed by atoms with van der Waals surface area (Å²) in [6.45, 7) is 2.78. The van der Waals surface area contributed by atoms with Crippen molar-refractivity contribution in [3.05, 3.63) is 46.6 Å². The third-order valence-electron chi connectivity index (χ3n) is 3.92. The third kappa shape index (κ3) is 2.37. The normalized spacial score (nSPS) is 15.9. The number of H-pyrrole nitrogens is 1. The topological polar surface area (TPSA) is 92.1 Å². The van der Waals surface area contributed by atoms with Gasteiger partial charge in [-0.3, -0.25) is 5.10 Å². The van der Waals surface area contributed by atoms with E-state index in [0.717, 1.165) is 12.0 Å². The lowest BCUT2D eigenvalue weighted by Gasteiger charge is -2.27. The van der Waals surface area contributed by atoms with Gasteiger partial charge in [0.05, 0.1) is 0 Å². The first-order valence-electron chi connectivity index (χ1n) is 6.85. The SMILES string of the molecule is Cc1[nH]nc(S(=O)(=O)N2CCc3ccccc3C2)c1CN. The summed E-state index contributed by atoms with van der Waals surface area (Å²) in [5.41, 5.74) is 9.18. The highest BCUT2D eigenvalue weighted by molar-refractivity contribution is 7.89. The fourth-order valence-corrected chi connectivity index (χ4v) is 4.28. The maximum atomic E-state index is 12.8. The van der Waals surface area contributed by atoms with Gasteiger partial charge in [0.1, 0.15) is 0 Å². The van der Waals surface area contributed by atoms with Gasteiger partial charge in [-0.25, -0.2) is 8.42 Å². The van der Waals surface area contributed by atoms with Crippen LogP contribution in [0.2, 0.25) is 0 Å². The molecule has 0 saturated carbocycles. The van der Waals surface area contributed by atoms with E-state index in [1.165, 1.54) is 9.87 Å². The van der Waals surface area contributed by atoms with Gasteiger partial charge in [-0.05, 0) is 24.5 Å². The number of hydrogen-bond donors (Lipinski definition) is 2. The highest BCUT2D eigenvalue weighted by atomic mass is 32.2. The van der Waals surface area contributed by atoms with Gasteiger partial charge in [-0.1, -0.05) is 24.3 Å².